The molecular weight excluding hydrogens is 306 g/mol. The molecule has 0 amide bonds. The standard InChI is InChI=1S/C10H14BrNO4Si/c11-9-2-3-10(13)8(6-9)7-12-4-1-5-17(14,15)16/h2-3,6-7,13-16H,1,4-5H2. The highest BCUT2D eigenvalue weighted by Crippen LogP contribution is 2.20. The smallest absolute Gasteiger partial charge is 0.492 e. The molecule has 0 bridgehead atoms. The van der Waals surface area contributed by atoms with Crippen LogP contribution in [-0.4, -0.2) is 41.1 Å². The van der Waals surface area contributed by atoms with Gasteiger partial charge in [-0.25, -0.2) is 0 Å². The molecule has 0 fully saturated rings. The van der Waals surface area contributed by atoms with Crippen molar-refractivity contribution in [2.75, 3.05) is 6.54 Å². The van der Waals surface area contributed by atoms with E-state index in [1.54, 1.807) is 18.2 Å². The van der Waals surface area contributed by atoms with E-state index in [0.29, 0.717) is 18.5 Å². The molecule has 0 unspecified atom stereocenters. The Morgan fingerprint density at radius 2 is 2.00 bits per heavy atom. The summed E-state index contributed by atoms with van der Waals surface area (Å²) in [4.78, 5) is 30.3. The third kappa shape index (κ3) is 5.94. The van der Waals surface area contributed by atoms with Crippen LogP contribution in [-0.2, 0) is 0 Å². The first kappa shape index (κ1) is 14.3. The Balaban J connectivity index is 2.46. The molecule has 0 aliphatic heterocycles. The molecule has 0 aliphatic rings. The third-order valence-electron chi connectivity index (χ3n) is 2.02. The lowest BCUT2D eigenvalue weighted by molar-refractivity contribution is 0.227. The highest BCUT2D eigenvalue weighted by molar-refractivity contribution is 9.10. The van der Waals surface area contributed by atoms with Crippen molar-refractivity contribution < 1.29 is 19.5 Å². The molecule has 0 radical (unpaired) electrons. The molecule has 1 aromatic carbocycles. The van der Waals surface area contributed by atoms with Crippen LogP contribution in [0.4, 0.5) is 0 Å². The van der Waals surface area contributed by atoms with Gasteiger partial charge in [0.05, 0.1) is 0 Å². The summed E-state index contributed by atoms with van der Waals surface area (Å²) in [7, 11) is -3.94. The highest BCUT2D eigenvalue weighted by atomic mass is 79.9. The fourth-order valence-electron chi connectivity index (χ4n) is 1.20. The van der Waals surface area contributed by atoms with Crippen LogP contribution in [0, 0.1) is 0 Å². The minimum Gasteiger partial charge on any atom is -0.507 e. The van der Waals surface area contributed by atoms with Crippen molar-refractivity contribution in [1.29, 1.82) is 0 Å². The predicted octanol–water partition coefficient (Wildman–Crippen LogP) is 0.879. The quantitative estimate of drug-likeness (QED) is 0.368. The zero-order chi connectivity index (χ0) is 12.9. The van der Waals surface area contributed by atoms with Crippen molar-refractivity contribution in [1.82, 2.24) is 0 Å². The van der Waals surface area contributed by atoms with Crippen LogP contribution < -0.4 is 0 Å². The predicted molar refractivity (Wildman–Crippen MR) is 70.1 cm³/mol. The molecule has 0 saturated carbocycles. The number of hydrogen-bond donors (Lipinski definition) is 4. The maximum atomic E-state index is 9.50. The molecule has 1 aromatic rings. The van der Waals surface area contributed by atoms with Crippen LogP contribution in [0.5, 0.6) is 5.75 Å². The first-order valence-electron chi connectivity index (χ1n) is 5.04. The van der Waals surface area contributed by atoms with Gasteiger partial charge in [-0.15, -0.1) is 0 Å². The second-order valence-electron chi connectivity index (χ2n) is 3.62. The average Bonchev–Trinajstić information content (AvgIpc) is 2.21. The molecule has 1 rings (SSSR count). The van der Waals surface area contributed by atoms with Gasteiger partial charge in [0.15, 0.2) is 0 Å². The second-order valence-corrected chi connectivity index (χ2v) is 6.58. The summed E-state index contributed by atoms with van der Waals surface area (Å²) in [5.74, 6) is 0.132. The van der Waals surface area contributed by atoms with Crippen molar-refractivity contribution in [3.05, 3.63) is 28.2 Å². The number of halogens is 1. The molecule has 0 spiro atoms. The maximum Gasteiger partial charge on any atom is 0.492 e. The Morgan fingerprint density at radius 1 is 1.29 bits per heavy atom. The van der Waals surface area contributed by atoms with E-state index in [1.807, 2.05) is 0 Å². The number of phenols is 1. The number of nitrogens with zero attached hydrogens (tertiary/aromatic N) is 1. The molecule has 0 aliphatic carbocycles. The van der Waals surface area contributed by atoms with Gasteiger partial charge in [-0.3, -0.25) is 4.99 Å². The fraction of sp³-hybridized carbons (Fsp3) is 0.300. The summed E-state index contributed by atoms with van der Waals surface area (Å²) in [6, 6.07) is 4.96. The Hall–Kier alpha value is -0.733. The topological polar surface area (TPSA) is 93.3 Å². The molecule has 5 nitrogen and oxygen atoms in total. The zero-order valence-corrected chi connectivity index (χ0v) is 11.6. The van der Waals surface area contributed by atoms with E-state index in [4.69, 9.17) is 14.4 Å². The van der Waals surface area contributed by atoms with Crippen molar-refractivity contribution in [3.8, 4) is 5.75 Å². The van der Waals surface area contributed by atoms with Crippen molar-refractivity contribution in [2.45, 2.75) is 12.5 Å². The normalized spacial score (nSPS) is 12.2. The SMILES string of the molecule is Oc1ccc(Br)cc1C=NCCC[Si](O)(O)O. The Kier molecular flexibility index (Phi) is 5.28. The van der Waals surface area contributed by atoms with E-state index in [2.05, 4.69) is 20.9 Å². The van der Waals surface area contributed by atoms with E-state index in [0.717, 1.165) is 4.47 Å². The molecule has 7 heteroatoms. The van der Waals surface area contributed by atoms with Crippen LogP contribution in [0.15, 0.2) is 27.7 Å². The van der Waals surface area contributed by atoms with Gasteiger partial charge in [-0.1, -0.05) is 15.9 Å². The van der Waals surface area contributed by atoms with Crippen LogP contribution in [0.2, 0.25) is 6.04 Å². The summed E-state index contributed by atoms with van der Waals surface area (Å²) < 4.78 is 0.837. The van der Waals surface area contributed by atoms with Gasteiger partial charge < -0.3 is 19.5 Å². The van der Waals surface area contributed by atoms with Gasteiger partial charge in [0, 0.05) is 28.8 Å². The lowest BCUT2D eigenvalue weighted by Crippen LogP contribution is -2.34. The van der Waals surface area contributed by atoms with Gasteiger partial charge in [-0.2, -0.15) is 0 Å². The van der Waals surface area contributed by atoms with Crippen LogP contribution >= 0.6 is 15.9 Å². The summed E-state index contributed by atoms with van der Waals surface area (Å²) >= 11 is 3.28. The summed E-state index contributed by atoms with van der Waals surface area (Å²) in [6.07, 6.45) is 1.90. The Bertz CT molecular complexity index is 406. The number of aromatic hydroxyl groups is 1. The summed E-state index contributed by atoms with van der Waals surface area (Å²) in [6.45, 7) is 0.363. The van der Waals surface area contributed by atoms with E-state index < -0.39 is 8.80 Å². The summed E-state index contributed by atoms with van der Waals surface area (Å²) in [5.41, 5.74) is 0.583. The number of aliphatic imine (C=N–C) groups is 1. The van der Waals surface area contributed by atoms with E-state index in [-0.39, 0.29) is 11.8 Å². The largest absolute Gasteiger partial charge is 0.507 e. The highest BCUT2D eigenvalue weighted by Gasteiger charge is 2.25. The van der Waals surface area contributed by atoms with Crippen molar-refractivity contribution >= 4 is 30.9 Å². The van der Waals surface area contributed by atoms with Crippen LogP contribution in [0.1, 0.15) is 12.0 Å². The minimum atomic E-state index is -3.94. The van der Waals surface area contributed by atoms with E-state index in [1.165, 1.54) is 6.21 Å². The average molecular weight is 320 g/mol. The van der Waals surface area contributed by atoms with Gasteiger partial charge in [0.25, 0.3) is 0 Å². The lowest BCUT2D eigenvalue weighted by Gasteiger charge is -2.06. The minimum absolute atomic E-state index is 0.0329. The first-order valence-corrected chi connectivity index (χ1v) is 7.88. The monoisotopic (exact) mass is 319 g/mol. The molecule has 94 valence electrons. The van der Waals surface area contributed by atoms with Gasteiger partial charge in [0.2, 0.25) is 0 Å². The van der Waals surface area contributed by atoms with Crippen LogP contribution in [0.25, 0.3) is 0 Å². The van der Waals surface area contributed by atoms with Gasteiger partial charge in [0.1, 0.15) is 5.75 Å². The lowest BCUT2D eigenvalue weighted by atomic mass is 10.2. The zero-order valence-electron chi connectivity index (χ0n) is 9.04. The molecule has 0 aromatic heterocycles. The first-order chi connectivity index (χ1) is 7.88. The van der Waals surface area contributed by atoms with Crippen molar-refractivity contribution in [2.24, 2.45) is 4.99 Å². The summed E-state index contributed by atoms with van der Waals surface area (Å²) in [5, 5.41) is 9.50. The van der Waals surface area contributed by atoms with Crippen LogP contribution in [0.3, 0.4) is 0 Å². The molecular formula is C10H14BrNO4Si. The molecule has 17 heavy (non-hydrogen) atoms. The number of phenolic OH excluding ortho intramolecular Hbond substituents is 1. The molecule has 4 N–H and O–H groups in total. The maximum absolute atomic E-state index is 9.50. The molecule has 0 atom stereocenters. The second kappa shape index (κ2) is 6.27. The van der Waals surface area contributed by atoms with Gasteiger partial charge >= 0.3 is 8.80 Å². The van der Waals surface area contributed by atoms with E-state index >= 15 is 0 Å². The Labute approximate surface area is 109 Å². The number of rotatable bonds is 5. The van der Waals surface area contributed by atoms with Crippen molar-refractivity contribution in [3.63, 3.8) is 0 Å². The number of hydrogen-bond acceptors (Lipinski definition) is 5. The third-order valence-corrected chi connectivity index (χ3v) is 3.54. The number of benzene rings is 1. The van der Waals surface area contributed by atoms with Gasteiger partial charge in [-0.05, 0) is 24.6 Å². The fourth-order valence-corrected chi connectivity index (χ4v) is 2.21. The molecule has 0 saturated heterocycles. The van der Waals surface area contributed by atoms with E-state index in [9.17, 15) is 5.11 Å². The Morgan fingerprint density at radius 3 is 2.65 bits per heavy atom. The molecule has 0 heterocycles.